The Morgan fingerprint density at radius 1 is 1.14 bits per heavy atom. The van der Waals surface area contributed by atoms with E-state index in [-0.39, 0.29) is 18.1 Å². The van der Waals surface area contributed by atoms with Crippen molar-refractivity contribution in [3.63, 3.8) is 0 Å². The molecular formula is C25H22BrClN4O4S. The molecule has 1 atom stereocenters. The third-order valence-electron chi connectivity index (χ3n) is 5.27. The second-order valence-electron chi connectivity index (χ2n) is 7.78. The van der Waals surface area contributed by atoms with Crippen molar-refractivity contribution < 1.29 is 14.4 Å². The van der Waals surface area contributed by atoms with Crippen LogP contribution in [-0.4, -0.2) is 33.3 Å². The average Bonchev–Trinajstić information content (AvgIpc) is 3.22. The lowest BCUT2D eigenvalue weighted by molar-refractivity contribution is -0.479. The van der Waals surface area contributed by atoms with Crippen LogP contribution in [0.5, 0.6) is 11.5 Å². The molecular weight excluding hydrogens is 568 g/mol. The van der Waals surface area contributed by atoms with E-state index >= 15 is 0 Å². The zero-order chi connectivity index (χ0) is 25.7. The van der Waals surface area contributed by atoms with Gasteiger partial charge in [-0.25, -0.2) is 0 Å². The molecule has 36 heavy (non-hydrogen) atoms. The highest BCUT2D eigenvalue weighted by atomic mass is 79.9. The van der Waals surface area contributed by atoms with Crippen molar-refractivity contribution in [2.45, 2.75) is 23.9 Å². The van der Waals surface area contributed by atoms with Crippen molar-refractivity contribution in [1.29, 1.82) is 0 Å². The number of benzene rings is 3. The summed E-state index contributed by atoms with van der Waals surface area (Å²) < 4.78 is 14.1. The van der Waals surface area contributed by atoms with Crippen LogP contribution in [0.4, 0.5) is 0 Å². The molecule has 11 heteroatoms. The van der Waals surface area contributed by atoms with Crippen LogP contribution in [0.15, 0.2) is 76.4 Å². The van der Waals surface area contributed by atoms with E-state index in [9.17, 15) is 10.1 Å². The summed E-state index contributed by atoms with van der Waals surface area (Å²) in [4.78, 5) is 11.3. The highest BCUT2D eigenvalue weighted by Gasteiger charge is 2.26. The highest BCUT2D eigenvalue weighted by molar-refractivity contribution is 9.10. The topological polar surface area (TPSA) is 92.3 Å². The third-order valence-corrected chi connectivity index (χ3v) is 7.27. The predicted octanol–water partition coefficient (Wildman–Crippen LogP) is 6.69. The van der Waals surface area contributed by atoms with E-state index < -0.39 is 5.25 Å². The smallest absolute Gasteiger partial charge is 0.220 e. The summed E-state index contributed by atoms with van der Waals surface area (Å²) in [5, 5.41) is 20.7. The maximum Gasteiger partial charge on any atom is 0.220 e. The minimum atomic E-state index is -0.557. The Hall–Kier alpha value is -3.08. The van der Waals surface area contributed by atoms with Crippen molar-refractivity contribution in [1.82, 2.24) is 14.8 Å². The van der Waals surface area contributed by atoms with Gasteiger partial charge in [0.15, 0.2) is 16.7 Å². The van der Waals surface area contributed by atoms with Crippen molar-refractivity contribution >= 4 is 39.3 Å². The summed E-state index contributed by atoms with van der Waals surface area (Å²) in [7, 11) is 1.53. The number of aromatic nitrogens is 3. The number of nitro groups is 1. The summed E-state index contributed by atoms with van der Waals surface area (Å²) in [5.41, 5.74) is 2.47. The lowest BCUT2D eigenvalue weighted by Gasteiger charge is -2.18. The minimum absolute atomic E-state index is 0.279. The van der Waals surface area contributed by atoms with Crippen LogP contribution in [0.2, 0.25) is 5.02 Å². The number of rotatable bonds is 10. The van der Waals surface area contributed by atoms with Crippen LogP contribution >= 0.6 is 39.3 Å². The van der Waals surface area contributed by atoms with Crippen LogP contribution in [-0.2, 0) is 6.61 Å². The molecule has 0 radical (unpaired) electrons. The number of hydrogen-bond donors (Lipinski definition) is 0. The van der Waals surface area contributed by atoms with Crippen molar-refractivity contribution in [3.05, 3.63) is 103 Å². The van der Waals surface area contributed by atoms with Gasteiger partial charge in [-0.2, -0.15) is 0 Å². The molecule has 0 aliphatic carbocycles. The zero-order valence-electron chi connectivity index (χ0n) is 19.4. The lowest BCUT2D eigenvalue weighted by atomic mass is 10.1. The second-order valence-corrected chi connectivity index (χ2v) is 10.2. The summed E-state index contributed by atoms with van der Waals surface area (Å²) >= 11 is 10.9. The molecule has 0 N–H and O–H groups in total. The number of hydrogen-bond acceptors (Lipinski definition) is 7. The number of para-hydroxylation sites is 1. The summed E-state index contributed by atoms with van der Waals surface area (Å²) in [5.74, 6) is 1.64. The highest BCUT2D eigenvalue weighted by Crippen LogP contribution is 2.43. The van der Waals surface area contributed by atoms with E-state index in [1.807, 2.05) is 66.1 Å². The quantitative estimate of drug-likeness (QED) is 0.116. The molecule has 0 amide bonds. The van der Waals surface area contributed by atoms with Crippen LogP contribution in [0.25, 0.3) is 5.69 Å². The first-order valence-corrected chi connectivity index (χ1v) is 12.9. The van der Waals surface area contributed by atoms with Gasteiger partial charge in [0.2, 0.25) is 6.54 Å². The lowest BCUT2D eigenvalue weighted by Crippen LogP contribution is -2.12. The number of thioether (sulfide) groups is 1. The molecule has 186 valence electrons. The molecule has 0 spiro atoms. The van der Waals surface area contributed by atoms with E-state index in [1.165, 1.54) is 18.9 Å². The van der Waals surface area contributed by atoms with E-state index in [2.05, 4.69) is 26.1 Å². The van der Waals surface area contributed by atoms with Gasteiger partial charge in [0.25, 0.3) is 0 Å². The summed E-state index contributed by atoms with van der Waals surface area (Å²) in [6.45, 7) is 1.81. The molecule has 0 saturated heterocycles. The van der Waals surface area contributed by atoms with Gasteiger partial charge in [-0.15, -0.1) is 10.2 Å². The molecule has 0 bridgehead atoms. The van der Waals surface area contributed by atoms with E-state index in [4.69, 9.17) is 21.1 Å². The third kappa shape index (κ3) is 6.18. The molecule has 0 fully saturated rings. The molecule has 0 aliphatic heterocycles. The fourth-order valence-electron chi connectivity index (χ4n) is 3.61. The van der Waals surface area contributed by atoms with Gasteiger partial charge in [-0.3, -0.25) is 14.7 Å². The van der Waals surface area contributed by atoms with E-state index in [0.29, 0.717) is 37.5 Å². The van der Waals surface area contributed by atoms with Gasteiger partial charge in [0.05, 0.1) is 11.6 Å². The molecule has 3 aromatic carbocycles. The van der Waals surface area contributed by atoms with Gasteiger partial charge >= 0.3 is 0 Å². The number of halogens is 2. The van der Waals surface area contributed by atoms with Crippen molar-refractivity contribution in [2.24, 2.45) is 0 Å². The predicted molar refractivity (Wildman–Crippen MR) is 143 cm³/mol. The van der Waals surface area contributed by atoms with Crippen molar-refractivity contribution in [2.75, 3.05) is 13.7 Å². The standard InChI is InChI=1S/C25H22BrClN4O4S/c1-16-28-29-25(31(16)20-9-4-3-5-10-20)36-23(14-30(32)33)18-12-21(26)24(22(13-18)34-2)35-15-17-7-6-8-19(27)11-17/h3-13,23H,14-15H2,1-2H3/t23-/m1/s1. The van der Waals surface area contributed by atoms with Crippen LogP contribution < -0.4 is 9.47 Å². The van der Waals surface area contributed by atoms with Gasteiger partial charge in [0, 0.05) is 15.6 Å². The fourth-order valence-corrected chi connectivity index (χ4v) is 5.56. The number of methoxy groups -OCH3 is 1. The average molecular weight is 590 g/mol. The van der Waals surface area contributed by atoms with Crippen molar-refractivity contribution in [3.8, 4) is 17.2 Å². The minimum Gasteiger partial charge on any atom is -0.493 e. The Bertz CT molecular complexity index is 1370. The SMILES string of the molecule is COc1cc([C@@H](C[N+](=O)[O-])Sc2nnc(C)n2-c2ccccc2)cc(Br)c1OCc1cccc(Cl)c1. The monoisotopic (exact) mass is 588 g/mol. The van der Waals surface area contributed by atoms with Gasteiger partial charge in [-0.1, -0.05) is 53.7 Å². The first-order chi connectivity index (χ1) is 17.4. The number of ether oxygens (including phenoxy) is 2. The van der Waals surface area contributed by atoms with Gasteiger partial charge in [0.1, 0.15) is 17.7 Å². The van der Waals surface area contributed by atoms with Crippen LogP contribution in [0, 0.1) is 17.0 Å². The molecule has 0 unspecified atom stereocenters. The first kappa shape index (κ1) is 26.0. The molecule has 1 aromatic heterocycles. The molecule has 4 aromatic rings. The molecule has 0 saturated carbocycles. The van der Waals surface area contributed by atoms with E-state index in [0.717, 1.165) is 11.3 Å². The Balaban J connectivity index is 1.65. The number of nitrogens with zero attached hydrogens (tertiary/aromatic N) is 4. The molecule has 4 rings (SSSR count). The first-order valence-electron chi connectivity index (χ1n) is 10.9. The molecule has 1 heterocycles. The Kier molecular flexibility index (Phi) is 8.50. The van der Waals surface area contributed by atoms with Gasteiger partial charge in [-0.05, 0) is 70.4 Å². The maximum atomic E-state index is 11.6. The Morgan fingerprint density at radius 2 is 1.92 bits per heavy atom. The van der Waals surface area contributed by atoms with Gasteiger partial charge < -0.3 is 9.47 Å². The van der Waals surface area contributed by atoms with E-state index in [1.54, 1.807) is 12.1 Å². The second kappa shape index (κ2) is 11.8. The Morgan fingerprint density at radius 3 is 2.61 bits per heavy atom. The van der Waals surface area contributed by atoms with Crippen LogP contribution in [0.3, 0.4) is 0 Å². The summed E-state index contributed by atoms with van der Waals surface area (Å²) in [6, 6.07) is 20.6. The zero-order valence-corrected chi connectivity index (χ0v) is 22.6. The molecule has 8 nitrogen and oxygen atoms in total. The normalized spacial score (nSPS) is 11.8. The molecule has 0 aliphatic rings. The maximum absolute atomic E-state index is 11.6. The number of aryl methyl sites for hydroxylation is 1. The van der Waals surface area contributed by atoms with Crippen LogP contribution in [0.1, 0.15) is 22.2 Å². The Labute approximate surface area is 225 Å². The largest absolute Gasteiger partial charge is 0.493 e. The summed E-state index contributed by atoms with van der Waals surface area (Å²) in [6.07, 6.45) is 0. The fraction of sp³-hybridized carbons (Fsp3) is 0.200.